The fourth-order valence-electron chi connectivity index (χ4n) is 2.27. The van der Waals surface area contributed by atoms with Crippen molar-refractivity contribution in [2.75, 3.05) is 5.32 Å². The molecule has 0 atom stereocenters. The second-order valence-electron chi connectivity index (χ2n) is 5.06. The topological polar surface area (TPSA) is 46.9 Å². The molecule has 2 aromatic heterocycles. The van der Waals surface area contributed by atoms with Crippen molar-refractivity contribution in [1.29, 1.82) is 0 Å². The van der Waals surface area contributed by atoms with Crippen LogP contribution in [0.1, 0.15) is 17.6 Å². The van der Waals surface area contributed by atoms with Crippen LogP contribution in [0.5, 0.6) is 0 Å². The monoisotopic (exact) mass is 345 g/mol. The first-order chi connectivity index (χ1) is 11.2. The van der Waals surface area contributed by atoms with Crippen molar-refractivity contribution < 1.29 is 4.79 Å². The zero-order valence-electron chi connectivity index (χ0n) is 12.6. The van der Waals surface area contributed by atoms with Gasteiger partial charge in [0, 0.05) is 22.8 Å². The van der Waals surface area contributed by atoms with E-state index in [0.717, 1.165) is 28.5 Å². The summed E-state index contributed by atoms with van der Waals surface area (Å²) in [5.74, 6) is -0.0892. The summed E-state index contributed by atoms with van der Waals surface area (Å²) in [6, 6.07) is 9.26. The van der Waals surface area contributed by atoms with Gasteiger partial charge in [0.2, 0.25) is 5.91 Å². The van der Waals surface area contributed by atoms with Crippen LogP contribution in [0.4, 0.5) is 5.69 Å². The van der Waals surface area contributed by atoms with E-state index in [9.17, 15) is 4.79 Å². The highest BCUT2D eigenvalue weighted by Gasteiger charge is 2.11. The van der Waals surface area contributed by atoms with Gasteiger partial charge in [-0.05, 0) is 36.8 Å². The summed E-state index contributed by atoms with van der Waals surface area (Å²) in [6.45, 7) is 2.06. The third-order valence-corrected chi connectivity index (χ3v) is 4.64. The van der Waals surface area contributed by atoms with Crippen molar-refractivity contribution in [1.82, 2.24) is 9.55 Å². The molecule has 0 radical (unpaired) electrons. The number of rotatable bonds is 5. The lowest BCUT2D eigenvalue weighted by molar-refractivity contribution is -0.115. The van der Waals surface area contributed by atoms with Crippen molar-refractivity contribution >= 4 is 34.5 Å². The number of thiazole rings is 1. The van der Waals surface area contributed by atoms with E-state index in [0.29, 0.717) is 5.02 Å². The van der Waals surface area contributed by atoms with E-state index in [4.69, 9.17) is 11.6 Å². The van der Waals surface area contributed by atoms with E-state index in [1.807, 2.05) is 46.6 Å². The number of halogens is 1. The van der Waals surface area contributed by atoms with Crippen LogP contribution in [0.25, 0.3) is 5.69 Å². The molecule has 1 N–H and O–H groups in total. The van der Waals surface area contributed by atoms with Gasteiger partial charge in [0.15, 0.2) is 0 Å². The Morgan fingerprint density at radius 2 is 2.13 bits per heavy atom. The average Bonchev–Trinajstić information content (AvgIpc) is 3.20. The molecule has 23 heavy (non-hydrogen) atoms. The lowest BCUT2D eigenvalue weighted by Crippen LogP contribution is -2.16. The van der Waals surface area contributed by atoms with E-state index in [2.05, 4.69) is 17.2 Å². The fourth-order valence-corrected chi connectivity index (χ4v) is 3.18. The zero-order chi connectivity index (χ0) is 16.2. The molecule has 2 heterocycles. The van der Waals surface area contributed by atoms with Crippen LogP contribution in [-0.4, -0.2) is 15.5 Å². The quantitative estimate of drug-likeness (QED) is 0.748. The molecule has 4 nitrogen and oxygen atoms in total. The minimum absolute atomic E-state index is 0.0892. The van der Waals surface area contributed by atoms with Crippen LogP contribution in [0.15, 0.2) is 48.1 Å². The Hall–Kier alpha value is -2.11. The van der Waals surface area contributed by atoms with Crippen LogP contribution >= 0.6 is 22.9 Å². The summed E-state index contributed by atoms with van der Waals surface area (Å²) >= 11 is 7.67. The summed E-state index contributed by atoms with van der Waals surface area (Å²) in [5, 5.41) is 6.56. The number of amides is 1. The highest BCUT2D eigenvalue weighted by Crippen LogP contribution is 2.25. The zero-order valence-corrected chi connectivity index (χ0v) is 14.2. The molecule has 0 saturated carbocycles. The Bertz CT molecular complexity index is 811. The number of nitrogens with zero attached hydrogens (tertiary/aromatic N) is 2. The number of anilines is 1. The van der Waals surface area contributed by atoms with Gasteiger partial charge in [0.25, 0.3) is 0 Å². The molecular weight excluding hydrogens is 330 g/mol. The fraction of sp³-hybridized carbons (Fsp3) is 0.176. The third kappa shape index (κ3) is 3.81. The molecule has 3 aromatic rings. The molecule has 0 unspecified atom stereocenters. The number of hydrogen-bond acceptors (Lipinski definition) is 3. The Labute approximate surface area is 143 Å². The van der Waals surface area contributed by atoms with Crippen molar-refractivity contribution in [3.8, 4) is 5.69 Å². The molecular formula is C17H16ClN3OS. The van der Waals surface area contributed by atoms with E-state index in [-0.39, 0.29) is 12.3 Å². The summed E-state index contributed by atoms with van der Waals surface area (Å²) < 4.78 is 1.92. The first-order valence-electron chi connectivity index (χ1n) is 7.31. The standard InChI is InChI=1S/C17H16ClN3OS/c1-2-17-19-13(11-23-17)10-16(22)20-14-6-5-12(18)9-15(14)21-7-3-4-8-21/h3-9,11H,2,10H2,1H3,(H,20,22). The van der Waals surface area contributed by atoms with Crippen molar-refractivity contribution in [3.63, 3.8) is 0 Å². The maximum atomic E-state index is 12.3. The molecule has 0 aliphatic heterocycles. The minimum atomic E-state index is -0.0892. The van der Waals surface area contributed by atoms with E-state index in [1.165, 1.54) is 0 Å². The number of carbonyl (C=O) groups is 1. The number of aryl methyl sites for hydroxylation is 1. The first-order valence-corrected chi connectivity index (χ1v) is 8.57. The molecule has 1 amide bonds. The van der Waals surface area contributed by atoms with E-state index in [1.54, 1.807) is 17.4 Å². The molecule has 0 aliphatic rings. The average molecular weight is 346 g/mol. The number of benzene rings is 1. The van der Waals surface area contributed by atoms with Crippen molar-refractivity contribution in [3.05, 3.63) is 63.8 Å². The molecule has 0 aliphatic carbocycles. The van der Waals surface area contributed by atoms with Gasteiger partial charge in [-0.3, -0.25) is 4.79 Å². The Balaban J connectivity index is 1.78. The molecule has 118 valence electrons. The third-order valence-electron chi connectivity index (χ3n) is 3.36. The van der Waals surface area contributed by atoms with Gasteiger partial charge in [-0.15, -0.1) is 11.3 Å². The van der Waals surface area contributed by atoms with E-state index < -0.39 is 0 Å². The highest BCUT2D eigenvalue weighted by molar-refractivity contribution is 7.09. The van der Waals surface area contributed by atoms with Gasteiger partial charge in [0.1, 0.15) is 0 Å². The summed E-state index contributed by atoms with van der Waals surface area (Å²) in [6.07, 6.45) is 4.98. The van der Waals surface area contributed by atoms with Gasteiger partial charge in [-0.1, -0.05) is 18.5 Å². The second kappa shape index (κ2) is 6.98. The molecule has 0 saturated heterocycles. The maximum absolute atomic E-state index is 12.3. The van der Waals surface area contributed by atoms with Gasteiger partial charge in [-0.2, -0.15) is 0 Å². The predicted molar refractivity (Wildman–Crippen MR) is 94.6 cm³/mol. The van der Waals surface area contributed by atoms with Gasteiger partial charge < -0.3 is 9.88 Å². The van der Waals surface area contributed by atoms with Crippen molar-refractivity contribution in [2.24, 2.45) is 0 Å². The Morgan fingerprint density at radius 1 is 1.35 bits per heavy atom. The normalized spacial score (nSPS) is 10.7. The van der Waals surface area contributed by atoms with Crippen LogP contribution in [0.2, 0.25) is 5.02 Å². The SMILES string of the molecule is CCc1nc(CC(=O)Nc2ccc(Cl)cc2-n2cccc2)cs1. The number of aromatic nitrogens is 2. The van der Waals surface area contributed by atoms with Crippen LogP contribution in [0, 0.1) is 0 Å². The summed E-state index contributed by atoms with van der Waals surface area (Å²) in [4.78, 5) is 16.7. The highest BCUT2D eigenvalue weighted by atomic mass is 35.5. The summed E-state index contributed by atoms with van der Waals surface area (Å²) in [5.41, 5.74) is 2.37. The van der Waals surface area contributed by atoms with Gasteiger partial charge >= 0.3 is 0 Å². The maximum Gasteiger partial charge on any atom is 0.230 e. The predicted octanol–water partition coefficient (Wildman–Crippen LogP) is 4.33. The molecule has 6 heteroatoms. The van der Waals surface area contributed by atoms with Crippen LogP contribution < -0.4 is 5.32 Å². The van der Waals surface area contributed by atoms with Crippen molar-refractivity contribution in [2.45, 2.75) is 19.8 Å². The molecule has 0 bridgehead atoms. The number of carbonyl (C=O) groups excluding carboxylic acids is 1. The van der Waals surface area contributed by atoms with E-state index >= 15 is 0 Å². The lowest BCUT2D eigenvalue weighted by atomic mass is 10.2. The van der Waals surface area contributed by atoms with Gasteiger partial charge in [0.05, 0.1) is 28.5 Å². The number of hydrogen-bond donors (Lipinski definition) is 1. The Morgan fingerprint density at radius 3 is 2.83 bits per heavy atom. The van der Waals surface area contributed by atoms with Crippen LogP contribution in [0.3, 0.4) is 0 Å². The molecule has 0 fully saturated rings. The molecule has 3 rings (SSSR count). The lowest BCUT2D eigenvalue weighted by Gasteiger charge is -2.12. The first kappa shape index (κ1) is 15.8. The molecule has 0 spiro atoms. The second-order valence-corrected chi connectivity index (χ2v) is 6.44. The minimum Gasteiger partial charge on any atom is -0.324 e. The van der Waals surface area contributed by atoms with Gasteiger partial charge in [-0.25, -0.2) is 4.98 Å². The Kier molecular flexibility index (Phi) is 4.79. The summed E-state index contributed by atoms with van der Waals surface area (Å²) in [7, 11) is 0. The molecule has 1 aromatic carbocycles. The van der Waals surface area contributed by atoms with Crippen LogP contribution in [-0.2, 0) is 17.6 Å². The smallest absolute Gasteiger partial charge is 0.230 e. The number of nitrogens with one attached hydrogen (secondary N) is 1. The largest absolute Gasteiger partial charge is 0.324 e.